The molecule has 2 aliphatic rings. The lowest BCUT2D eigenvalue weighted by Crippen LogP contribution is -2.55. The summed E-state index contributed by atoms with van der Waals surface area (Å²) in [7, 11) is 2.23. The molecular formula is C13H22N4O. The minimum Gasteiger partial charge on any atom is -0.342 e. The van der Waals surface area contributed by atoms with Crippen LogP contribution >= 0.6 is 0 Å². The lowest BCUT2D eigenvalue weighted by molar-refractivity contribution is -0.120. The normalized spacial score (nSPS) is 31.7. The van der Waals surface area contributed by atoms with E-state index in [0.29, 0.717) is 24.7 Å². The number of rotatable bonds is 4. The van der Waals surface area contributed by atoms with Gasteiger partial charge in [0.15, 0.2) is 0 Å². The number of nitriles is 1. The van der Waals surface area contributed by atoms with Crippen molar-refractivity contribution in [2.45, 2.75) is 50.2 Å². The van der Waals surface area contributed by atoms with Crippen LogP contribution in [-0.2, 0) is 4.79 Å². The Hall–Kier alpha value is -1.12. The van der Waals surface area contributed by atoms with Crippen molar-refractivity contribution in [1.82, 2.24) is 15.5 Å². The van der Waals surface area contributed by atoms with Crippen LogP contribution in [0.5, 0.6) is 0 Å². The Bertz CT molecular complexity index is 324. The number of fused-ring (bicyclic) bond motifs is 2. The maximum atomic E-state index is 11.4. The second-order valence-electron chi connectivity index (χ2n) is 5.39. The molecule has 2 heterocycles. The van der Waals surface area contributed by atoms with Crippen LogP contribution in [-0.4, -0.2) is 49.1 Å². The van der Waals surface area contributed by atoms with Gasteiger partial charge in [0.05, 0.1) is 12.6 Å². The summed E-state index contributed by atoms with van der Waals surface area (Å²) in [5.74, 6) is -0.0827. The zero-order chi connectivity index (χ0) is 13.0. The summed E-state index contributed by atoms with van der Waals surface area (Å²) in [6.07, 6.45) is 6.18. The number of hydrogen-bond acceptors (Lipinski definition) is 4. The van der Waals surface area contributed by atoms with Crippen molar-refractivity contribution in [3.63, 3.8) is 0 Å². The fourth-order valence-corrected chi connectivity index (χ4v) is 3.22. The Morgan fingerprint density at radius 1 is 1.39 bits per heavy atom. The van der Waals surface area contributed by atoms with Gasteiger partial charge < -0.3 is 15.5 Å². The van der Waals surface area contributed by atoms with E-state index < -0.39 is 0 Å². The Morgan fingerprint density at radius 3 is 2.67 bits per heavy atom. The van der Waals surface area contributed by atoms with Crippen LogP contribution in [0.2, 0.25) is 0 Å². The summed E-state index contributed by atoms with van der Waals surface area (Å²) in [6, 6.07) is 3.71. The van der Waals surface area contributed by atoms with E-state index >= 15 is 0 Å². The first-order chi connectivity index (χ1) is 8.70. The number of piperidine rings is 2. The van der Waals surface area contributed by atoms with Crippen molar-refractivity contribution >= 4 is 5.91 Å². The zero-order valence-corrected chi connectivity index (χ0v) is 11.0. The SMILES string of the molecule is CN1C2CCCC1CC(NCC(=O)NCC#N)C2. The molecule has 18 heavy (non-hydrogen) atoms. The van der Waals surface area contributed by atoms with Crippen molar-refractivity contribution in [3.05, 3.63) is 0 Å². The summed E-state index contributed by atoms with van der Waals surface area (Å²) in [5, 5.41) is 14.3. The third-order valence-corrected chi connectivity index (χ3v) is 4.26. The second-order valence-corrected chi connectivity index (χ2v) is 5.39. The molecule has 1 amide bonds. The molecule has 2 unspecified atom stereocenters. The van der Waals surface area contributed by atoms with Gasteiger partial charge in [0, 0.05) is 18.1 Å². The number of amides is 1. The summed E-state index contributed by atoms with van der Waals surface area (Å²) in [6.45, 7) is 0.425. The molecule has 2 atom stereocenters. The van der Waals surface area contributed by atoms with Crippen LogP contribution < -0.4 is 10.6 Å². The first-order valence-electron chi connectivity index (χ1n) is 6.79. The van der Waals surface area contributed by atoms with Gasteiger partial charge >= 0.3 is 0 Å². The van der Waals surface area contributed by atoms with E-state index in [1.54, 1.807) is 0 Å². The number of carbonyl (C=O) groups is 1. The van der Waals surface area contributed by atoms with Crippen LogP contribution in [0, 0.1) is 11.3 Å². The highest BCUT2D eigenvalue weighted by molar-refractivity contribution is 5.78. The van der Waals surface area contributed by atoms with Crippen molar-refractivity contribution in [3.8, 4) is 6.07 Å². The number of nitrogens with zero attached hydrogens (tertiary/aromatic N) is 2. The van der Waals surface area contributed by atoms with Gasteiger partial charge in [-0.1, -0.05) is 6.42 Å². The summed E-state index contributed by atoms with van der Waals surface area (Å²) >= 11 is 0. The molecule has 2 bridgehead atoms. The summed E-state index contributed by atoms with van der Waals surface area (Å²) in [4.78, 5) is 13.9. The first-order valence-corrected chi connectivity index (χ1v) is 6.79. The molecule has 2 fully saturated rings. The first kappa shape index (κ1) is 13.3. The predicted octanol–water partition coefficient (Wildman–Crippen LogP) is 0.231. The topological polar surface area (TPSA) is 68.2 Å². The molecule has 0 aromatic heterocycles. The molecule has 2 aliphatic heterocycles. The zero-order valence-electron chi connectivity index (χ0n) is 11.0. The van der Waals surface area contributed by atoms with Gasteiger partial charge in [-0.25, -0.2) is 0 Å². The van der Waals surface area contributed by atoms with E-state index in [0.717, 1.165) is 12.8 Å². The molecule has 5 heteroatoms. The smallest absolute Gasteiger partial charge is 0.234 e. The third kappa shape index (κ3) is 3.21. The maximum Gasteiger partial charge on any atom is 0.234 e. The van der Waals surface area contributed by atoms with Crippen LogP contribution in [0.3, 0.4) is 0 Å². The van der Waals surface area contributed by atoms with E-state index in [2.05, 4.69) is 22.6 Å². The third-order valence-electron chi connectivity index (χ3n) is 4.26. The summed E-state index contributed by atoms with van der Waals surface area (Å²) in [5.41, 5.74) is 0. The van der Waals surface area contributed by atoms with Crippen molar-refractivity contribution in [2.24, 2.45) is 0 Å². The number of carbonyl (C=O) groups excluding carboxylic acids is 1. The minimum atomic E-state index is -0.0827. The standard InChI is InChI=1S/C13H22N4O/c1-17-11-3-2-4-12(17)8-10(7-11)16-9-13(18)15-6-5-14/h10-12,16H,2-4,6-9H2,1H3,(H,15,18). The Kier molecular flexibility index (Phi) is 4.56. The molecule has 0 spiro atoms. The average Bonchev–Trinajstić information content (AvgIpc) is 2.34. The lowest BCUT2D eigenvalue weighted by Gasteiger charge is -2.47. The van der Waals surface area contributed by atoms with Crippen molar-refractivity contribution in [2.75, 3.05) is 20.1 Å². The van der Waals surface area contributed by atoms with Gasteiger partial charge in [-0.2, -0.15) is 5.26 Å². The maximum absolute atomic E-state index is 11.4. The van der Waals surface area contributed by atoms with E-state index in [1.807, 2.05) is 6.07 Å². The molecule has 2 N–H and O–H groups in total. The van der Waals surface area contributed by atoms with Gasteiger partial charge in [0.2, 0.25) is 5.91 Å². The second kappa shape index (κ2) is 6.17. The van der Waals surface area contributed by atoms with Crippen LogP contribution in [0.25, 0.3) is 0 Å². The molecule has 0 radical (unpaired) electrons. The number of nitrogens with one attached hydrogen (secondary N) is 2. The molecule has 2 rings (SSSR count). The largest absolute Gasteiger partial charge is 0.342 e. The van der Waals surface area contributed by atoms with Gasteiger partial charge in [0.25, 0.3) is 0 Å². The molecule has 100 valence electrons. The fraction of sp³-hybridized carbons (Fsp3) is 0.846. The van der Waals surface area contributed by atoms with E-state index in [4.69, 9.17) is 5.26 Å². The van der Waals surface area contributed by atoms with Gasteiger partial charge in [-0.3, -0.25) is 4.79 Å². The van der Waals surface area contributed by atoms with Gasteiger partial charge in [-0.15, -0.1) is 0 Å². The Labute approximate surface area is 109 Å². The van der Waals surface area contributed by atoms with Crippen LogP contribution in [0.15, 0.2) is 0 Å². The fourth-order valence-electron chi connectivity index (χ4n) is 3.22. The van der Waals surface area contributed by atoms with E-state index in [1.165, 1.54) is 19.3 Å². The molecule has 0 saturated carbocycles. The predicted molar refractivity (Wildman–Crippen MR) is 68.8 cm³/mol. The number of hydrogen-bond donors (Lipinski definition) is 2. The van der Waals surface area contributed by atoms with E-state index in [9.17, 15) is 4.79 Å². The quantitative estimate of drug-likeness (QED) is 0.701. The molecule has 2 saturated heterocycles. The van der Waals surface area contributed by atoms with Crippen LogP contribution in [0.1, 0.15) is 32.1 Å². The van der Waals surface area contributed by atoms with E-state index in [-0.39, 0.29) is 12.5 Å². The van der Waals surface area contributed by atoms with Crippen molar-refractivity contribution in [1.29, 1.82) is 5.26 Å². The highest BCUT2D eigenvalue weighted by atomic mass is 16.1. The average molecular weight is 250 g/mol. The van der Waals surface area contributed by atoms with Gasteiger partial charge in [-0.05, 0) is 32.7 Å². The molecular weight excluding hydrogens is 228 g/mol. The molecule has 0 aliphatic carbocycles. The highest BCUT2D eigenvalue weighted by Gasteiger charge is 2.35. The monoisotopic (exact) mass is 250 g/mol. The van der Waals surface area contributed by atoms with Crippen LogP contribution in [0.4, 0.5) is 0 Å². The highest BCUT2D eigenvalue weighted by Crippen LogP contribution is 2.32. The molecule has 5 nitrogen and oxygen atoms in total. The lowest BCUT2D eigenvalue weighted by atomic mass is 9.82. The Balaban J connectivity index is 1.75. The Morgan fingerprint density at radius 2 is 2.06 bits per heavy atom. The van der Waals surface area contributed by atoms with Crippen molar-refractivity contribution < 1.29 is 4.79 Å². The summed E-state index contributed by atoms with van der Waals surface area (Å²) < 4.78 is 0. The molecule has 0 aromatic rings. The minimum absolute atomic E-state index is 0.0827. The molecule has 0 aromatic carbocycles. The van der Waals surface area contributed by atoms with Gasteiger partial charge in [0.1, 0.15) is 6.54 Å².